The number of hydrogen-bond donors (Lipinski definition) is 1. The molecular weight excluding hydrogens is 469 g/mol. The minimum absolute atomic E-state index is 0.0379. The highest BCUT2D eigenvalue weighted by Crippen LogP contribution is 2.23. The van der Waals surface area contributed by atoms with Gasteiger partial charge in [-0.05, 0) is 56.2 Å². The fourth-order valence-electron chi connectivity index (χ4n) is 3.45. The number of rotatable bonds is 7. The van der Waals surface area contributed by atoms with Crippen LogP contribution >= 0.6 is 0 Å². The summed E-state index contributed by atoms with van der Waals surface area (Å²) < 4.78 is 45.7. The van der Waals surface area contributed by atoms with Crippen LogP contribution in [0.2, 0.25) is 0 Å². The third-order valence-corrected chi connectivity index (χ3v) is 7.27. The van der Waals surface area contributed by atoms with Crippen molar-refractivity contribution in [3.8, 4) is 0 Å². The van der Waals surface area contributed by atoms with Gasteiger partial charge in [0.15, 0.2) is 6.10 Å². The van der Waals surface area contributed by atoms with E-state index in [1.54, 1.807) is 0 Å². The van der Waals surface area contributed by atoms with Gasteiger partial charge < -0.3 is 10.1 Å². The number of nitro benzene ring substituents is 1. The van der Waals surface area contributed by atoms with Crippen LogP contribution in [0.3, 0.4) is 0 Å². The molecule has 0 saturated carbocycles. The number of benzene rings is 2. The van der Waals surface area contributed by atoms with E-state index >= 15 is 0 Å². The molecule has 2 aromatic rings. The maximum atomic E-state index is 13.4. The molecule has 0 aliphatic carbocycles. The van der Waals surface area contributed by atoms with E-state index in [1.165, 1.54) is 35.5 Å². The highest BCUT2D eigenvalue weighted by molar-refractivity contribution is 7.89. The van der Waals surface area contributed by atoms with Crippen LogP contribution in [0.15, 0.2) is 47.4 Å². The van der Waals surface area contributed by atoms with E-state index in [1.807, 2.05) is 0 Å². The smallest absolute Gasteiger partial charge is 0.338 e. The van der Waals surface area contributed by atoms with Gasteiger partial charge in [-0.25, -0.2) is 13.2 Å². The molecule has 1 N–H and O–H groups in total. The fraction of sp³-hybridized carbons (Fsp3) is 0.364. The van der Waals surface area contributed by atoms with Crippen LogP contribution in [0, 0.1) is 15.9 Å². The first kappa shape index (κ1) is 25.2. The number of hydrogen-bond acceptors (Lipinski definition) is 7. The number of nitrogens with one attached hydrogen (secondary N) is 1. The normalized spacial score (nSPS) is 15.7. The van der Waals surface area contributed by atoms with Crippen molar-refractivity contribution in [1.82, 2.24) is 4.31 Å². The fourth-order valence-corrected chi connectivity index (χ4v) is 4.97. The Labute approximate surface area is 195 Å². The molecule has 182 valence electrons. The topological polar surface area (TPSA) is 136 Å². The molecule has 0 bridgehead atoms. The molecule has 1 aliphatic heterocycles. The molecule has 0 radical (unpaired) electrons. The summed E-state index contributed by atoms with van der Waals surface area (Å²) in [5.41, 5.74) is -0.798. The maximum Gasteiger partial charge on any atom is 0.338 e. The van der Waals surface area contributed by atoms with Crippen molar-refractivity contribution >= 4 is 33.3 Å². The summed E-state index contributed by atoms with van der Waals surface area (Å²) in [5.74, 6) is -2.69. The maximum absolute atomic E-state index is 13.4. The molecule has 1 saturated heterocycles. The molecule has 0 aromatic heterocycles. The van der Waals surface area contributed by atoms with Crippen molar-refractivity contribution in [2.45, 2.75) is 43.6 Å². The Morgan fingerprint density at radius 3 is 2.29 bits per heavy atom. The summed E-state index contributed by atoms with van der Waals surface area (Å²) >= 11 is 0. The van der Waals surface area contributed by atoms with Gasteiger partial charge >= 0.3 is 11.7 Å². The van der Waals surface area contributed by atoms with Gasteiger partial charge in [-0.15, -0.1) is 0 Å². The molecule has 1 unspecified atom stereocenters. The highest BCUT2D eigenvalue weighted by atomic mass is 32.2. The Bertz CT molecular complexity index is 1180. The zero-order chi connectivity index (χ0) is 24.9. The van der Waals surface area contributed by atoms with E-state index in [0.29, 0.717) is 13.1 Å². The molecule has 1 heterocycles. The van der Waals surface area contributed by atoms with Crippen LogP contribution in [0.4, 0.5) is 15.8 Å². The van der Waals surface area contributed by atoms with E-state index < -0.39 is 44.4 Å². The molecular formula is C22H24FN3O7S. The van der Waals surface area contributed by atoms with Crippen molar-refractivity contribution in [2.24, 2.45) is 0 Å². The standard InChI is InChI=1S/C22H24FN3O7S/c1-15(21(27)24-17-8-11-19(23)20(14-17)26(29)30)33-22(28)16-6-9-18(10-7-16)34(31,32)25-12-4-2-3-5-13-25/h6-11,14-15H,2-5,12-13H2,1H3,(H,24,27). The second kappa shape index (κ2) is 10.7. The van der Waals surface area contributed by atoms with Crippen LogP contribution in [0.5, 0.6) is 0 Å². The largest absolute Gasteiger partial charge is 0.449 e. The summed E-state index contributed by atoms with van der Waals surface area (Å²) in [7, 11) is -3.67. The van der Waals surface area contributed by atoms with Crippen LogP contribution < -0.4 is 5.32 Å². The number of sulfonamides is 1. The molecule has 0 spiro atoms. The molecule has 10 nitrogen and oxygen atoms in total. The lowest BCUT2D eigenvalue weighted by Gasteiger charge is -2.20. The summed E-state index contributed by atoms with van der Waals surface area (Å²) in [4.78, 5) is 34.7. The molecule has 1 aliphatic rings. The van der Waals surface area contributed by atoms with Crippen molar-refractivity contribution in [1.29, 1.82) is 0 Å². The molecule has 12 heteroatoms. The van der Waals surface area contributed by atoms with Gasteiger partial charge in [0, 0.05) is 24.8 Å². The molecule has 1 amide bonds. The summed E-state index contributed by atoms with van der Waals surface area (Å²) in [6, 6.07) is 8.08. The SMILES string of the molecule is CC(OC(=O)c1ccc(S(=O)(=O)N2CCCCCC2)cc1)C(=O)Nc1ccc(F)c([N+](=O)[O-])c1. The second-order valence-corrected chi connectivity index (χ2v) is 9.74. The average Bonchev–Trinajstić information content (AvgIpc) is 3.10. The van der Waals surface area contributed by atoms with E-state index in [-0.39, 0.29) is 16.1 Å². The number of halogens is 1. The molecule has 3 rings (SSSR count). The van der Waals surface area contributed by atoms with Crippen molar-refractivity contribution < 1.29 is 32.1 Å². The highest BCUT2D eigenvalue weighted by Gasteiger charge is 2.26. The quantitative estimate of drug-likeness (QED) is 0.354. The summed E-state index contributed by atoms with van der Waals surface area (Å²) in [5, 5.41) is 13.1. The Hall–Kier alpha value is -3.38. The number of esters is 1. The third kappa shape index (κ3) is 5.94. The van der Waals surface area contributed by atoms with Gasteiger partial charge in [-0.2, -0.15) is 8.70 Å². The predicted molar refractivity (Wildman–Crippen MR) is 120 cm³/mol. The zero-order valence-electron chi connectivity index (χ0n) is 18.4. The second-order valence-electron chi connectivity index (χ2n) is 7.80. The summed E-state index contributed by atoms with van der Waals surface area (Å²) in [6.07, 6.45) is 2.29. The Kier molecular flexibility index (Phi) is 7.94. The Morgan fingerprint density at radius 1 is 1.09 bits per heavy atom. The first-order valence-electron chi connectivity index (χ1n) is 10.7. The Morgan fingerprint density at radius 2 is 1.71 bits per heavy atom. The molecule has 34 heavy (non-hydrogen) atoms. The monoisotopic (exact) mass is 493 g/mol. The van der Waals surface area contributed by atoms with Crippen molar-refractivity contribution in [3.05, 3.63) is 64.0 Å². The van der Waals surface area contributed by atoms with Crippen molar-refractivity contribution in [2.75, 3.05) is 18.4 Å². The molecule has 1 atom stereocenters. The number of nitrogens with zero attached hydrogens (tertiary/aromatic N) is 2. The van der Waals surface area contributed by atoms with E-state index in [2.05, 4.69) is 5.32 Å². The first-order valence-corrected chi connectivity index (χ1v) is 12.1. The minimum Gasteiger partial charge on any atom is -0.449 e. The Balaban J connectivity index is 1.63. The zero-order valence-corrected chi connectivity index (χ0v) is 19.2. The lowest BCUT2D eigenvalue weighted by molar-refractivity contribution is -0.387. The molecule has 2 aromatic carbocycles. The van der Waals surface area contributed by atoms with E-state index in [9.17, 15) is 32.5 Å². The van der Waals surface area contributed by atoms with Crippen molar-refractivity contribution in [3.63, 3.8) is 0 Å². The lowest BCUT2D eigenvalue weighted by atomic mass is 10.2. The average molecular weight is 494 g/mol. The number of nitro groups is 1. The number of anilines is 1. The van der Waals surface area contributed by atoms with E-state index in [0.717, 1.165) is 43.9 Å². The van der Waals surface area contributed by atoms with Gasteiger partial charge in [0.25, 0.3) is 5.91 Å². The van der Waals surface area contributed by atoms with Crippen LogP contribution in [0.1, 0.15) is 43.0 Å². The van der Waals surface area contributed by atoms with Gasteiger partial charge in [-0.3, -0.25) is 14.9 Å². The number of ether oxygens (including phenoxy) is 1. The van der Waals surface area contributed by atoms with Gasteiger partial charge in [0.05, 0.1) is 15.4 Å². The minimum atomic E-state index is -3.67. The summed E-state index contributed by atoms with van der Waals surface area (Å²) in [6.45, 7) is 2.20. The number of carbonyl (C=O) groups is 2. The predicted octanol–water partition coefficient (Wildman–Crippen LogP) is 3.48. The number of amides is 1. The van der Waals surface area contributed by atoms with Gasteiger partial charge in [-0.1, -0.05) is 12.8 Å². The lowest BCUT2D eigenvalue weighted by Crippen LogP contribution is -2.32. The third-order valence-electron chi connectivity index (χ3n) is 5.36. The van der Waals surface area contributed by atoms with Crippen LogP contribution in [-0.4, -0.2) is 48.7 Å². The van der Waals surface area contributed by atoms with Crippen LogP contribution in [0.25, 0.3) is 0 Å². The first-order chi connectivity index (χ1) is 16.1. The van der Waals surface area contributed by atoms with Crippen LogP contribution in [-0.2, 0) is 19.6 Å². The van der Waals surface area contributed by atoms with E-state index in [4.69, 9.17) is 4.74 Å². The van der Waals surface area contributed by atoms with Gasteiger partial charge in [0.1, 0.15) is 0 Å². The molecule has 1 fully saturated rings. The van der Waals surface area contributed by atoms with Gasteiger partial charge in [0.2, 0.25) is 15.8 Å². The number of carbonyl (C=O) groups excluding carboxylic acids is 2.